The Morgan fingerprint density at radius 2 is 1.86 bits per heavy atom. The molecular weight excluding hydrogens is 274 g/mol. The summed E-state index contributed by atoms with van der Waals surface area (Å²) in [6.07, 6.45) is -0.937. The predicted molar refractivity (Wildman–Crippen MR) is 76.9 cm³/mol. The Kier molecular flexibility index (Phi) is 5.87. The highest BCUT2D eigenvalue weighted by molar-refractivity contribution is 5.93. The van der Waals surface area contributed by atoms with Crippen LogP contribution in [0.25, 0.3) is 0 Å². The van der Waals surface area contributed by atoms with Crippen molar-refractivity contribution in [2.24, 2.45) is 0 Å². The molecule has 6 nitrogen and oxygen atoms in total. The van der Waals surface area contributed by atoms with Gasteiger partial charge in [0.05, 0.1) is 34.7 Å². The van der Waals surface area contributed by atoms with Crippen LogP contribution in [0.5, 0.6) is 5.75 Å². The number of methoxy groups -OCH3 is 1. The molecule has 0 saturated heterocycles. The third-order valence-electron chi connectivity index (χ3n) is 2.68. The average Bonchev–Trinajstić information content (AvgIpc) is 2.35. The van der Waals surface area contributed by atoms with Gasteiger partial charge in [-0.05, 0) is 12.1 Å². The number of quaternary nitrogens is 1. The van der Waals surface area contributed by atoms with Crippen molar-refractivity contribution in [3.8, 4) is 5.75 Å². The largest absolute Gasteiger partial charge is 0.465 e. The zero-order valence-corrected chi connectivity index (χ0v) is 12.8. The zero-order valence-electron chi connectivity index (χ0n) is 12.8. The smallest absolute Gasteiger partial charge is 0.341 e. The molecule has 116 valence electrons. The molecule has 0 fully saturated rings. The molecule has 0 radical (unpaired) electrons. The van der Waals surface area contributed by atoms with E-state index in [1.54, 1.807) is 12.1 Å². The summed E-state index contributed by atoms with van der Waals surface area (Å²) in [7, 11) is 7.01. The molecule has 0 aliphatic carbocycles. The maximum Gasteiger partial charge on any atom is 0.341 e. The molecule has 0 spiro atoms. The van der Waals surface area contributed by atoms with Crippen molar-refractivity contribution in [3.63, 3.8) is 0 Å². The third kappa shape index (κ3) is 5.93. The molecule has 0 bridgehead atoms. The zero-order chi connectivity index (χ0) is 16.0. The van der Waals surface area contributed by atoms with Crippen LogP contribution in [0.2, 0.25) is 0 Å². The average molecular weight is 296 g/mol. The van der Waals surface area contributed by atoms with E-state index in [0.29, 0.717) is 11.0 Å². The number of rotatable bonds is 6. The van der Waals surface area contributed by atoms with Crippen molar-refractivity contribution in [3.05, 3.63) is 29.8 Å². The van der Waals surface area contributed by atoms with E-state index in [1.807, 2.05) is 21.1 Å². The Labute approximate surface area is 124 Å². The maximum absolute atomic E-state index is 11.8. The molecule has 1 rings (SSSR count). The van der Waals surface area contributed by atoms with Crippen molar-refractivity contribution in [1.82, 2.24) is 0 Å². The van der Waals surface area contributed by atoms with E-state index in [-0.39, 0.29) is 17.7 Å². The first-order valence-corrected chi connectivity index (χ1v) is 6.59. The summed E-state index contributed by atoms with van der Waals surface area (Å²) in [5, 5.41) is 9.85. The highest BCUT2D eigenvalue weighted by atomic mass is 16.5. The summed E-state index contributed by atoms with van der Waals surface area (Å²) in [6.45, 7) is 0.424. The second-order valence-corrected chi connectivity index (χ2v) is 5.79. The van der Waals surface area contributed by atoms with E-state index >= 15 is 0 Å². The number of para-hydroxylation sites is 1. The number of likely N-dealkylation sites (N-methyl/N-ethyl adjacent to an activating group) is 1. The van der Waals surface area contributed by atoms with Gasteiger partial charge < -0.3 is 19.1 Å². The molecule has 0 amide bonds. The van der Waals surface area contributed by atoms with Crippen LogP contribution in [0.1, 0.15) is 16.8 Å². The van der Waals surface area contributed by atoms with Gasteiger partial charge in [0.25, 0.3) is 0 Å². The van der Waals surface area contributed by atoms with Crippen molar-refractivity contribution >= 4 is 11.9 Å². The molecule has 1 atom stereocenters. The van der Waals surface area contributed by atoms with Crippen molar-refractivity contribution in [1.29, 1.82) is 0 Å². The van der Waals surface area contributed by atoms with Crippen LogP contribution in [0.15, 0.2) is 24.3 Å². The van der Waals surface area contributed by atoms with Gasteiger partial charge in [0, 0.05) is 0 Å². The predicted octanol–water partition coefficient (Wildman–Crippen LogP) is 0.836. The number of carbonyl (C=O) groups excluding carboxylic acids is 2. The lowest BCUT2D eigenvalue weighted by atomic mass is 10.2. The standard InChI is InChI=1S/C15H22NO5/c1-16(2,3)10-11(17)9-14(18)21-13-8-6-5-7-12(13)15(19)20-4/h5-8,11,17H,9-10H2,1-4H3/q+1. The highest BCUT2D eigenvalue weighted by Crippen LogP contribution is 2.19. The fourth-order valence-electron chi connectivity index (χ4n) is 1.89. The Balaban J connectivity index is 2.69. The van der Waals surface area contributed by atoms with E-state index in [1.165, 1.54) is 19.2 Å². The maximum atomic E-state index is 11.8. The lowest BCUT2D eigenvalue weighted by Crippen LogP contribution is -2.42. The molecule has 1 aromatic rings. The lowest BCUT2D eigenvalue weighted by molar-refractivity contribution is -0.873. The minimum atomic E-state index is -0.803. The van der Waals surface area contributed by atoms with E-state index in [4.69, 9.17) is 4.74 Å². The number of carbonyl (C=O) groups is 2. The van der Waals surface area contributed by atoms with Gasteiger partial charge in [0.2, 0.25) is 0 Å². The molecule has 1 aromatic carbocycles. The molecule has 21 heavy (non-hydrogen) atoms. The first kappa shape index (κ1) is 17.1. The van der Waals surface area contributed by atoms with Gasteiger partial charge in [-0.1, -0.05) is 12.1 Å². The molecule has 1 N–H and O–H groups in total. The van der Waals surface area contributed by atoms with Gasteiger partial charge >= 0.3 is 11.9 Å². The van der Waals surface area contributed by atoms with Crippen LogP contribution in [-0.4, -0.2) is 62.4 Å². The van der Waals surface area contributed by atoms with Gasteiger partial charge in [-0.3, -0.25) is 4.79 Å². The number of aliphatic hydroxyl groups excluding tert-OH is 1. The second-order valence-electron chi connectivity index (χ2n) is 5.79. The summed E-state index contributed by atoms with van der Waals surface area (Å²) in [5.41, 5.74) is 0.175. The summed E-state index contributed by atoms with van der Waals surface area (Å²) < 4.78 is 10.3. The van der Waals surface area contributed by atoms with Gasteiger partial charge in [-0.25, -0.2) is 4.79 Å². The number of ether oxygens (including phenoxy) is 2. The molecule has 0 aliphatic heterocycles. The minimum Gasteiger partial charge on any atom is -0.465 e. The number of nitrogens with zero attached hydrogens (tertiary/aromatic N) is 1. The molecular formula is C15H22NO5+. The second kappa shape index (κ2) is 7.19. The third-order valence-corrected chi connectivity index (χ3v) is 2.68. The number of hydrogen-bond donors (Lipinski definition) is 1. The Morgan fingerprint density at radius 3 is 2.43 bits per heavy atom. The van der Waals surface area contributed by atoms with Gasteiger partial charge in [0.1, 0.15) is 24.0 Å². The quantitative estimate of drug-likeness (QED) is 0.478. The fraction of sp³-hybridized carbons (Fsp3) is 0.467. The van der Waals surface area contributed by atoms with Crippen LogP contribution >= 0.6 is 0 Å². The van der Waals surface area contributed by atoms with Gasteiger partial charge in [-0.15, -0.1) is 0 Å². The minimum absolute atomic E-state index is 0.131. The van der Waals surface area contributed by atoms with Crippen molar-refractivity contribution < 1.29 is 28.7 Å². The van der Waals surface area contributed by atoms with Crippen LogP contribution < -0.4 is 4.74 Å². The van der Waals surface area contributed by atoms with E-state index < -0.39 is 18.0 Å². The Hall–Kier alpha value is -1.92. The first-order valence-electron chi connectivity index (χ1n) is 6.59. The Morgan fingerprint density at radius 1 is 1.24 bits per heavy atom. The summed E-state index contributed by atoms with van der Waals surface area (Å²) >= 11 is 0. The van der Waals surface area contributed by atoms with Crippen LogP contribution in [-0.2, 0) is 9.53 Å². The van der Waals surface area contributed by atoms with Gasteiger partial charge in [-0.2, -0.15) is 0 Å². The number of aliphatic hydroxyl groups is 1. The molecule has 0 aliphatic rings. The number of benzene rings is 1. The normalized spacial score (nSPS) is 12.6. The molecule has 1 unspecified atom stereocenters. The lowest BCUT2D eigenvalue weighted by Gasteiger charge is -2.26. The highest BCUT2D eigenvalue weighted by Gasteiger charge is 2.21. The summed E-state index contributed by atoms with van der Waals surface area (Å²) in [4.78, 5) is 23.4. The van der Waals surface area contributed by atoms with Gasteiger partial charge in [0.15, 0.2) is 0 Å². The van der Waals surface area contributed by atoms with Crippen LogP contribution in [0, 0.1) is 0 Å². The summed E-state index contributed by atoms with van der Waals surface area (Å²) in [5.74, 6) is -1.04. The van der Waals surface area contributed by atoms with Crippen molar-refractivity contribution in [2.75, 3.05) is 34.8 Å². The number of esters is 2. The molecule has 0 saturated carbocycles. The summed E-state index contributed by atoms with van der Waals surface area (Å²) in [6, 6.07) is 6.32. The Bertz CT molecular complexity index is 507. The monoisotopic (exact) mass is 296 g/mol. The first-order chi connectivity index (χ1) is 9.73. The molecule has 0 heterocycles. The van der Waals surface area contributed by atoms with Crippen LogP contribution in [0.3, 0.4) is 0 Å². The van der Waals surface area contributed by atoms with Crippen molar-refractivity contribution in [2.45, 2.75) is 12.5 Å². The SMILES string of the molecule is COC(=O)c1ccccc1OC(=O)CC(O)C[N+](C)(C)C. The fourth-order valence-corrected chi connectivity index (χ4v) is 1.89. The van der Waals surface area contributed by atoms with E-state index in [0.717, 1.165) is 0 Å². The molecule has 0 aromatic heterocycles. The topological polar surface area (TPSA) is 72.8 Å². The van der Waals surface area contributed by atoms with Crippen LogP contribution in [0.4, 0.5) is 0 Å². The van der Waals surface area contributed by atoms with E-state index in [2.05, 4.69) is 4.74 Å². The van der Waals surface area contributed by atoms with E-state index in [9.17, 15) is 14.7 Å². The molecule has 6 heteroatoms. The number of hydrogen-bond acceptors (Lipinski definition) is 5.